The van der Waals surface area contributed by atoms with Crippen molar-refractivity contribution < 1.29 is 13.2 Å². The predicted molar refractivity (Wildman–Crippen MR) is 65.4 cm³/mol. The van der Waals surface area contributed by atoms with E-state index in [1.54, 1.807) is 0 Å². The first-order valence-corrected chi connectivity index (χ1v) is 6.93. The molecule has 0 amide bonds. The summed E-state index contributed by atoms with van der Waals surface area (Å²) in [6.07, 6.45) is 0.415. The quantitative estimate of drug-likeness (QED) is 0.859. The van der Waals surface area contributed by atoms with Crippen molar-refractivity contribution in [2.75, 3.05) is 19.6 Å². The Bertz CT molecular complexity index is 329. The van der Waals surface area contributed by atoms with Crippen molar-refractivity contribution in [3.05, 3.63) is 0 Å². The summed E-state index contributed by atoms with van der Waals surface area (Å²) >= 11 is 0. The van der Waals surface area contributed by atoms with Gasteiger partial charge in [0, 0.05) is 12.1 Å². The second-order valence-electron chi connectivity index (χ2n) is 5.61. The van der Waals surface area contributed by atoms with Crippen LogP contribution in [0.1, 0.15) is 32.1 Å². The highest BCUT2D eigenvalue weighted by atomic mass is 19.4. The van der Waals surface area contributed by atoms with Crippen molar-refractivity contribution in [2.24, 2.45) is 5.92 Å². The zero-order chi connectivity index (χ0) is 13.9. The average molecular weight is 275 g/mol. The number of rotatable bonds is 3. The van der Waals surface area contributed by atoms with E-state index in [9.17, 15) is 13.2 Å². The van der Waals surface area contributed by atoms with E-state index in [0.717, 1.165) is 32.1 Å². The van der Waals surface area contributed by atoms with Crippen molar-refractivity contribution in [1.29, 1.82) is 5.26 Å². The molecule has 1 saturated carbocycles. The first kappa shape index (κ1) is 14.6. The molecule has 0 spiro atoms. The van der Waals surface area contributed by atoms with Gasteiger partial charge >= 0.3 is 6.18 Å². The molecule has 1 aliphatic carbocycles. The minimum Gasteiger partial charge on any atom is -0.310 e. The van der Waals surface area contributed by atoms with Crippen molar-refractivity contribution in [1.82, 2.24) is 10.2 Å². The summed E-state index contributed by atoms with van der Waals surface area (Å²) in [5.74, 6) is 0.0770. The summed E-state index contributed by atoms with van der Waals surface area (Å²) < 4.78 is 36.8. The van der Waals surface area contributed by atoms with Crippen LogP contribution in [0.25, 0.3) is 0 Å². The summed E-state index contributed by atoms with van der Waals surface area (Å²) in [6, 6.07) is 2.83. The van der Waals surface area contributed by atoms with Crippen LogP contribution in [0.2, 0.25) is 0 Å². The van der Waals surface area contributed by atoms with Crippen molar-refractivity contribution in [2.45, 2.75) is 50.4 Å². The Morgan fingerprint density at radius 2 is 1.84 bits per heavy atom. The second-order valence-corrected chi connectivity index (χ2v) is 5.61. The third-order valence-electron chi connectivity index (χ3n) is 4.12. The van der Waals surface area contributed by atoms with Crippen LogP contribution in [-0.4, -0.2) is 42.8 Å². The topological polar surface area (TPSA) is 39.1 Å². The summed E-state index contributed by atoms with van der Waals surface area (Å²) in [5, 5.41) is 12.5. The standard InChI is InChI=1S/C13H20F3N3/c14-13(15,16)9-19-6-4-11(5-7-19)18-12-3-1-2-10(12)8-17/h10-12,18H,1-7,9H2. The van der Waals surface area contributed by atoms with Gasteiger partial charge in [-0.1, -0.05) is 6.42 Å². The van der Waals surface area contributed by atoms with Gasteiger partial charge in [-0.25, -0.2) is 0 Å². The normalized spacial score (nSPS) is 30.4. The van der Waals surface area contributed by atoms with Crippen LogP contribution in [0.3, 0.4) is 0 Å². The summed E-state index contributed by atoms with van der Waals surface area (Å²) in [4.78, 5) is 1.47. The molecule has 0 aromatic heterocycles. The molecular formula is C13H20F3N3. The Labute approximate surface area is 111 Å². The molecule has 2 fully saturated rings. The second kappa shape index (κ2) is 6.10. The molecule has 3 nitrogen and oxygen atoms in total. The predicted octanol–water partition coefficient (Wildman–Crippen LogP) is 2.29. The van der Waals surface area contributed by atoms with E-state index >= 15 is 0 Å². The van der Waals surface area contributed by atoms with Crippen LogP contribution in [0.15, 0.2) is 0 Å². The molecule has 1 saturated heterocycles. The zero-order valence-electron chi connectivity index (χ0n) is 10.9. The first-order valence-electron chi connectivity index (χ1n) is 6.93. The molecule has 0 aromatic carbocycles. The van der Waals surface area contributed by atoms with Crippen molar-refractivity contribution in [3.8, 4) is 6.07 Å². The molecule has 19 heavy (non-hydrogen) atoms. The van der Waals surface area contributed by atoms with Gasteiger partial charge in [0.25, 0.3) is 0 Å². The molecule has 0 radical (unpaired) electrons. The first-order chi connectivity index (χ1) is 8.98. The monoisotopic (exact) mass is 275 g/mol. The summed E-state index contributed by atoms with van der Waals surface area (Å²) in [6.45, 7) is 0.173. The molecule has 1 heterocycles. The van der Waals surface area contributed by atoms with Crippen molar-refractivity contribution >= 4 is 0 Å². The van der Waals surface area contributed by atoms with Crippen LogP contribution < -0.4 is 5.32 Å². The number of halogens is 3. The molecule has 2 aliphatic rings. The Morgan fingerprint density at radius 1 is 1.16 bits per heavy atom. The molecule has 108 valence electrons. The van der Waals surface area contributed by atoms with Gasteiger partial charge in [0.15, 0.2) is 0 Å². The van der Waals surface area contributed by atoms with Gasteiger partial charge in [-0.05, 0) is 38.8 Å². The van der Waals surface area contributed by atoms with E-state index < -0.39 is 12.7 Å². The van der Waals surface area contributed by atoms with E-state index in [0.29, 0.717) is 13.1 Å². The molecule has 2 atom stereocenters. The van der Waals surface area contributed by atoms with Gasteiger partial charge < -0.3 is 5.32 Å². The Kier molecular flexibility index (Phi) is 4.69. The Hall–Kier alpha value is -0.800. The van der Waals surface area contributed by atoms with Gasteiger partial charge in [-0.15, -0.1) is 0 Å². The molecule has 0 bridgehead atoms. The number of hydrogen-bond acceptors (Lipinski definition) is 3. The number of hydrogen-bond donors (Lipinski definition) is 1. The molecule has 1 N–H and O–H groups in total. The fourth-order valence-electron chi connectivity index (χ4n) is 3.13. The summed E-state index contributed by atoms with van der Waals surface area (Å²) in [5.41, 5.74) is 0. The number of likely N-dealkylation sites (tertiary alicyclic amines) is 1. The minimum atomic E-state index is -4.10. The van der Waals surface area contributed by atoms with Gasteiger partial charge in [0.05, 0.1) is 18.5 Å². The number of nitrogens with zero attached hydrogens (tertiary/aromatic N) is 2. The molecule has 2 rings (SSSR count). The fourth-order valence-corrected chi connectivity index (χ4v) is 3.13. The fraction of sp³-hybridized carbons (Fsp3) is 0.923. The van der Waals surface area contributed by atoms with Gasteiger partial charge in [-0.3, -0.25) is 4.90 Å². The highest BCUT2D eigenvalue weighted by Gasteiger charge is 2.34. The van der Waals surface area contributed by atoms with E-state index in [1.165, 1.54) is 4.90 Å². The highest BCUT2D eigenvalue weighted by molar-refractivity contribution is 4.98. The number of alkyl halides is 3. The number of nitrogens with one attached hydrogen (secondary N) is 1. The maximum Gasteiger partial charge on any atom is 0.401 e. The van der Waals surface area contributed by atoms with E-state index in [2.05, 4.69) is 11.4 Å². The molecule has 1 aliphatic heterocycles. The Morgan fingerprint density at radius 3 is 2.42 bits per heavy atom. The maximum atomic E-state index is 12.3. The number of nitriles is 1. The van der Waals surface area contributed by atoms with Gasteiger partial charge in [0.2, 0.25) is 0 Å². The molecule has 0 aromatic rings. The SMILES string of the molecule is N#CC1CCCC1NC1CCN(CC(F)(F)F)CC1. The van der Waals surface area contributed by atoms with E-state index in [4.69, 9.17) is 5.26 Å². The minimum absolute atomic E-state index is 0.0770. The zero-order valence-corrected chi connectivity index (χ0v) is 10.9. The van der Waals surface area contributed by atoms with E-state index in [-0.39, 0.29) is 18.0 Å². The van der Waals surface area contributed by atoms with Crippen LogP contribution in [0.4, 0.5) is 13.2 Å². The van der Waals surface area contributed by atoms with Crippen LogP contribution in [0.5, 0.6) is 0 Å². The maximum absolute atomic E-state index is 12.3. The van der Waals surface area contributed by atoms with Crippen LogP contribution in [-0.2, 0) is 0 Å². The van der Waals surface area contributed by atoms with Crippen LogP contribution in [0, 0.1) is 17.2 Å². The lowest BCUT2D eigenvalue weighted by Crippen LogP contribution is -2.48. The smallest absolute Gasteiger partial charge is 0.310 e. The lowest BCUT2D eigenvalue weighted by atomic mass is 10.00. The third kappa shape index (κ3) is 4.36. The lowest BCUT2D eigenvalue weighted by Gasteiger charge is -2.34. The summed E-state index contributed by atoms with van der Waals surface area (Å²) in [7, 11) is 0. The van der Waals surface area contributed by atoms with Gasteiger partial charge in [0.1, 0.15) is 0 Å². The van der Waals surface area contributed by atoms with Crippen LogP contribution >= 0.6 is 0 Å². The average Bonchev–Trinajstić information content (AvgIpc) is 2.77. The lowest BCUT2D eigenvalue weighted by molar-refractivity contribution is -0.148. The highest BCUT2D eigenvalue weighted by Crippen LogP contribution is 2.27. The van der Waals surface area contributed by atoms with Crippen molar-refractivity contribution in [3.63, 3.8) is 0 Å². The number of piperidine rings is 1. The largest absolute Gasteiger partial charge is 0.401 e. The molecule has 2 unspecified atom stereocenters. The Balaban J connectivity index is 1.73. The van der Waals surface area contributed by atoms with Gasteiger partial charge in [-0.2, -0.15) is 18.4 Å². The molecule has 6 heteroatoms. The van der Waals surface area contributed by atoms with E-state index in [1.807, 2.05) is 0 Å². The molecular weight excluding hydrogens is 255 g/mol. The third-order valence-corrected chi connectivity index (χ3v) is 4.12.